The second-order valence-electron chi connectivity index (χ2n) is 6.15. The van der Waals surface area contributed by atoms with Gasteiger partial charge in [0.25, 0.3) is 11.6 Å². The maximum absolute atomic E-state index is 12.6. The molecule has 1 heterocycles. The largest absolute Gasteiger partial charge is 0.507 e. The molecule has 1 N–H and O–H groups in total. The molecule has 1 aliphatic heterocycles. The number of aryl methyl sites for hydroxylation is 1. The van der Waals surface area contributed by atoms with Crippen molar-refractivity contribution in [3.63, 3.8) is 0 Å². The summed E-state index contributed by atoms with van der Waals surface area (Å²) in [6.45, 7) is 3.84. The fourth-order valence-corrected chi connectivity index (χ4v) is 3.56. The van der Waals surface area contributed by atoms with Crippen LogP contribution < -0.4 is 4.90 Å². The monoisotopic (exact) mass is 375 g/mol. The number of amides is 1. The van der Waals surface area contributed by atoms with Crippen LogP contribution >= 0.6 is 11.6 Å². The van der Waals surface area contributed by atoms with E-state index in [-0.39, 0.29) is 22.9 Å². The number of anilines is 1. The molecular weight excluding hydrogens is 358 g/mol. The number of para-hydroxylation sites is 1. The third kappa shape index (κ3) is 3.43. The van der Waals surface area contributed by atoms with Gasteiger partial charge in [-0.25, -0.2) is 0 Å². The van der Waals surface area contributed by atoms with Crippen molar-refractivity contribution in [2.75, 3.05) is 31.1 Å². The van der Waals surface area contributed by atoms with Crippen LogP contribution in [0.15, 0.2) is 36.4 Å². The number of aromatic hydroxyl groups is 1. The number of nitrogens with zero attached hydrogens (tertiary/aromatic N) is 3. The summed E-state index contributed by atoms with van der Waals surface area (Å²) in [6, 6.07) is 9.32. The van der Waals surface area contributed by atoms with E-state index in [2.05, 4.69) is 0 Å². The van der Waals surface area contributed by atoms with Gasteiger partial charge in [0.05, 0.1) is 21.2 Å². The number of nitro groups is 1. The van der Waals surface area contributed by atoms with E-state index < -0.39 is 4.92 Å². The van der Waals surface area contributed by atoms with Crippen LogP contribution in [0.2, 0.25) is 5.02 Å². The molecule has 0 bridgehead atoms. The standard InChI is InChI=1S/C18H18ClN3O4/c1-12-10-13(22(25)26)11-15(19)17(12)20-6-8-21(9-7-20)18(24)14-4-2-3-5-16(14)23/h2-5,10-11,23H,6-9H2,1H3. The van der Waals surface area contributed by atoms with Gasteiger partial charge in [0.2, 0.25) is 0 Å². The maximum atomic E-state index is 12.6. The Morgan fingerprint density at radius 3 is 2.42 bits per heavy atom. The van der Waals surface area contributed by atoms with Crippen LogP contribution in [0, 0.1) is 17.0 Å². The smallest absolute Gasteiger partial charge is 0.271 e. The van der Waals surface area contributed by atoms with E-state index in [0.717, 1.165) is 11.3 Å². The van der Waals surface area contributed by atoms with Crippen LogP contribution in [0.4, 0.5) is 11.4 Å². The molecule has 1 amide bonds. The molecule has 7 nitrogen and oxygen atoms in total. The number of hydrogen-bond donors (Lipinski definition) is 1. The van der Waals surface area contributed by atoms with E-state index in [9.17, 15) is 20.0 Å². The van der Waals surface area contributed by atoms with E-state index in [4.69, 9.17) is 11.6 Å². The number of phenols is 1. The zero-order valence-corrected chi connectivity index (χ0v) is 14.9. The summed E-state index contributed by atoms with van der Waals surface area (Å²) in [5.41, 5.74) is 1.73. The average Bonchev–Trinajstić information content (AvgIpc) is 2.61. The highest BCUT2D eigenvalue weighted by molar-refractivity contribution is 6.33. The lowest BCUT2D eigenvalue weighted by atomic mass is 10.1. The van der Waals surface area contributed by atoms with Crippen molar-refractivity contribution in [1.82, 2.24) is 4.90 Å². The van der Waals surface area contributed by atoms with Gasteiger partial charge in [-0.05, 0) is 24.6 Å². The Hall–Kier alpha value is -2.80. The quantitative estimate of drug-likeness (QED) is 0.657. The summed E-state index contributed by atoms with van der Waals surface area (Å²) in [7, 11) is 0. The summed E-state index contributed by atoms with van der Waals surface area (Å²) in [5.74, 6) is -0.247. The molecule has 2 aromatic rings. The van der Waals surface area contributed by atoms with Crippen LogP contribution in [0.1, 0.15) is 15.9 Å². The van der Waals surface area contributed by atoms with Crippen LogP contribution in [-0.4, -0.2) is 47.0 Å². The molecule has 0 saturated carbocycles. The highest BCUT2D eigenvalue weighted by atomic mass is 35.5. The summed E-state index contributed by atoms with van der Waals surface area (Å²) < 4.78 is 0. The van der Waals surface area contributed by atoms with Crippen LogP contribution in [0.5, 0.6) is 5.75 Å². The van der Waals surface area contributed by atoms with Gasteiger partial charge in [-0.3, -0.25) is 14.9 Å². The molecule has 0 unspecified atom stereocenters. The molecule has 2 aromatic carbocycles. The second-order valence-corrected chi connectivity index (χ2v) is 6.55. The van der Waals surface area contributed by atoms with E-state index in [0.29, 0.717) is 31.2 Å². The van der Waals surface area contributed by atoms with Gasteiger partial charge in [0.1, 0.15) is 5.75 Å². The van der Waals surface area contributed by atoms with Gasteiger partial charge in [-0.15, -0.1) is 0 Å². The lowest BCUT2D eigenvalue weighted by molar-refractivity contribution is -0.384. The molecule has 0 aromatic heterocycles. The van der Waals surface area contributed by atoms with Gasteiger partial charge >= 0.3 is 0 Å². The Morgan fingerprint density at radius 2 is 1.85 bits per heavy atom. The summed E-state index contributed by atoms with van der Waals surface area (Å²) in [6.07, 6.45) is 0. The first-order chi connectivity index (χ1) is 12.4. The molecule has 26 heavy (non-hydrogen) atoms. The van der Waals surface area contributed by atoms with Crippen molar-refractivity contribution < 1.29 is 14.8 Å². The van der Waals surface area contributed by atoms with Crippen molar-refractivity contribution in [2.24, 2.45) is 0 Å². The number of rotatable bonds is 3. The summed E-state index contributed by atoms with van der Waals surface area (Å²) in [5, 5.41) is 21.1. The Balaban J connectivity index is 1.74. The molecule has 1 aliphatic rings. The topological polar surface area (TPSA) is 86.9 Å². The number of halogens is 1. The molecule has 3 rings (SSSR count). The Morgan fingerprint density at radius 1 is 1.19 bits per heavy atom. The van der Waals surface area contributed by atoms with Crippen molar-refractivity contribution in [3.05, 3.63) is 62.7 Å². The van der Waals surface area contributed by atoms with Crippen LogP contribution in [0.3, 0.4) is 0 Å². The molecule has 0 atom stereocenters. The predicted octanol–water partition coefficient (Wildman–Crippen LogP) is 3.22. The van der Waals surface area contributed by atoms with Gasteiger partial charge in [0.15, 0.2) is 0 Å². The molecule has 0 radical (unpaired) electrons. The fourth-order valence-electron chi connectivity index (χ4n) is 3.18. The zero-order chi connectivity index (χ0) is 18.8. The van der Waals surface area contributed by atoms with E-state index in [1.54, 1.807) is 30.0 Å². The zero-order valence-electron chi connectivity index (χ0n) is 14.2. The maximum Gasteiger partial charge on any atom is 0.271 e. The molecule has 136 valence electrons. The molecule has 8 heteroatoms. The number of carbonyl (C=O) groups excluding carboxylic acids is 1. The molecule has 1 saturated heterocycles. The number of phenolic OH excluding ortho intramolecular Hbond substituents is 1. The molecule has 0 aliphatic carbocycles. The van der Waals surface area contributed by atoms with Crippen molar-refractivity contribution in [2.45, 2.75) is 6.92 Å². The minimum Gasteiger partial charge on any atom is -0.507 e. The first kappa shape index (κ1) is 18.0. The number of benzene rings is 2. The Labute approximate surface area is 155 Å². The summed E-state index contributed by atoms with van der Waals surface area (Å²) >= 11 is 6.27. The van der Waals surface area contributed by atoms with Gasteiger partial charge < -0.3 is 14.9 Å². The SMILES string of the molecule is Cc1cc([N+](=O)[O-])cc(Cl)c1N1CCN(C(=O)c2ccccc2O)CC1. The van der Waals surface area contributed by atoms with Crippen LogP contribution in [-0.2, 0) is 0 Å². The highest BCUT2D eigenvalue weighted by Gasteiger charge is 2.26. The number of carbonyl (C=O) groups is 1. The van der Waals surface area contributed by atoms with Crippen LogP contribution in [0.25, 0.3) is 0 Å². The first-order valence-electron chi connectivity index (χ1n) is 8.15. The lowest BCUT2D eigenvalue weighted by Crippen LogP contribution is -2.49. The van der Waals surface area contributed by atoms with E-state index in [1.165, 1.54) is 18.2 Å². The third-order valence-corrected chi connectivity index (χ3v) is 4.76. The lowest BCUT2D eigenvalue weighted by Gasteiger charge is -2.37. The average molecular weight is 376 g/mol. The minimum atomic E-state index is -0.467. The number of piperazine rings is 1. The molecule has 0 spiro atoms. The fraction of sp³-hybridized carbons (Fsp3) is 0.278. The normalized spacial score (nSPS) is 14.4. The number of nitro benzene ring substituents is 1. The first-order valence-corrected chi connectivity index (χ1v) is 8.53. The van der Waals surface area contributed by atoms with Crippen molar-refractivity contribution in [3.8, 4) is 5.75 Å². The summed E-state index contributed by atoms with van der Waals surface area (Å²) in [4.78, 5) is 26.7. The van der Waals surface area contributed by atoms with Gasteiger partial charge in [-0.2, -0.15) is 0 Å². The minimum absolute atomic E-state index is 0.0332. The Bertz CT molecular complexity index is 840. The predicted molar refractivity (Wildman–Crippen MR) is 99.1 cm³/mol. The third-order valence-electron chi connectivity index (χ3n) is 4.47. The number of non-ortho nitro benzene ring substituents is 1. The van der Waals surface area contributed by atoms with Crippen molar-refractivity contribution >= 4 is 28.9 Å². The Kier molecular flexibility index (Phi) is 4.99. The van der Waals surface area contributed by atoms with E-state index in [1.807, 2.05) is 4.90 Å². The highest BCUT2D eigenvalue weighted by Crippen LogP contribution is 2.34. The molecular formula is C18H18ClN3O4. The second kappa shape index (κ2) is 7.21. The number of hydrogen-bond acceptors (Lipinski definition) is 5. The van der Waals surface area contributed by atoms with Crippen molar-refractivity contribution in [1.29, 1.82) is 0 Å². The molecule has 1 fully saturated rings. The van der Waals surface area contributed by atoms with Gasteiger partial charge in [-0.1, -0.05) is 23.7 Å². The van der Waals surface area contributed by atoms with Gasteiger partial charge in [0, 0.05) is 38.3 Å². The van der Waals surface area contributed by atoms with E-state index >= 15 is 0 Å².